The number of nitrogens with zero attached hydrogens (tertiary/aromatic N) is 3. The van der Waals surface area contributed by atoms with E-state index in [-0.39, 0.29) is 0 Å². The van der Waals surface area contributed by atoms with Crippen molar-refractivity contribution in [1.82, 2.24) is 15.3 Å². The van der Waals surface area contributed by atoms with Crippen LogP contribution in [0.2, 0.25) is 0 Å². The second-order valence-electron chi connectivity index (χ2n) is 5.67. The Kier molecular flexibility index (Phi) is 7.47. The summed E-state index contributed by atoms with van der Waals surface area (Å²) in [5.41, 5.74) is 0.977. The fourth-order valence-electron chi connectivity index (χ4n) is 1.90. The minimum Gasteiger partial charge on any atom is -0.383 e. The van der Waals surface area contributed by atoms with Crippen LogP contribution < -0.4 is 10.2 Å². The van der Waals surface area contributed by atoms with E-state index in [0.29, 0.717) is 18.6 Å². The van der Waals surface area contributed by atoms with Gasteiger partial charge in [0.2, 0.25) is 0 Å². The maximum atomic E-state index is 5.14. The van der Waals surface area contributed by atoms with Gasteiger partial charge in [-0.1, -0.05) is 13.8 Å². The van der Waals surface area contributed by atoms with Crippen molar-refractivity contribution in [2.24, 2.45) is 5.92 Å². The third-order valence-electron chi connectivity index (χ3n) is 3.00. The van der Waals surface area contributed by atoms with Crippen LogP contribution in [0.1, 0.15) is 33.4 Å². The molecule has 0 fully saturated rings. The smallest absolute Gasteiger partial charge is 0.147 e. The zero-order valence-electron chi connectivity index (χ0n) is 13.4. The first-order valence-electron chi connectivity index (χ1n) is 7.31. The predicted octanol–water partition coefficient (Wildman–Crippen LogP) is 2.08. The zero-order valence-corrected chi connectivity index (χ0v) is 13.4. The van der Waals surface area contributed by atoms with Gasteiger partial charge in [0.15, 0.2) is 0 Å². The molecule has 5 nitrogen and oxygen atoms in total. The Morgan fingerprint density at radius 3 is 2.45 bits per heavy atom. The quantitative estimate of drug-likeness (QED) is 0.750. The van der Waals surface area contributed by atoms with Crippen LogP contribution in [-0.2, 0) is 11.3 Å². The van der Waals surface area contributed by atoms with Crippen LogP contribution in [0, 0.1) is 5.92 Å². The molecule has 0 bridgehead atoms. The summed E-state index contributed by atoms with van der Waals surface area (Å²) in [5, 5.41) is 3.37. The van der Waals surface area contributed by atoms with Crippen molar-refractivity contribution in [3.63, 3.8) is 0 Å². The highest BCUT2D eigenvalue weighted by atomic mass is 16.5. The maximum absolute atomic E-state index is 5.14. The number of ether oxygens (including phenoxy) is 1. The third kappa shape index (κ3) is 5.84. The first kappa shape index (κ1) is 16.9. The van der Waals surface area contributed by atoms with Crippen LogP contribution in [0.5, 0.6) is 0 Å². The summed E-state index contributed by atoms with van der Waals surface area (Å²) >= 11 is 0. The van der Waals surface area contributed by atoms with Gasteiger partial charge in [0.05, 0.1) is 24.7 Å². The molecular formula is C15H28N4O. The molecule has 0 aliphatic carbocycles. The molecule has 1 rings (SSSR count). The molecule has 1 aromatic heterocycles. The van der Waals surface area contributed by atoms with Crippen molar-refractivity contribution >= 4 is 5.82 Å². The summed E-state index contributed by atoms with van der Waals surface area (Å²) in [6.07, 6.45) is 3.70. The van der Waals surface area contributed by atoms with E-state index in [1.807, 2.05) is 12.4 Å². The summed E-state index contributed by atoms with van der Waals surface area (Å²) in [6, 6.07) is 0.379. The average molecular weight is 280 g/mol. The molecule has 114 valence electrons. The number of anilines is 1. The Morgan fingerprint density at radius 1 is 1.20 bits per heavy atom. The molecular weight excluding hydrogens is 252 g/mol. The highest BCUT2D eigenvalue weighted by molar-refractivity contribution is 5.36. The van der Waals surface area contributed by atoms with Gasteiger partial charge in [0.1, 0.15) is 5.82 Å². The average Bonchev–Trinajstić information content (AvgIpc) is 2.40. The molecule has 20 heavy (non-hydrogen) atoms. The van der Waals surface area contributed by atoms with Crippen molar-refractivity contribution in [3.05, 3.63) is 18.1 Å². The lowest BCUT2D eigenvalue weighted by atomic mass is 10.2. The molecule has 0 aromatic carbocycles. The third-order valence-corrected chi connectivity index (χ3v) is 3.00. The van der Waals surface area contributed by atoms with Crippen molar-refractivity contribution in [1.29, 1.82) is 0 Å². The molecule has 1 heterocycles. The lowest BCUT2D eigenvalue weighted by Gasteiger charge is -2.27. The van der Waals surface area contributed by atoms with Crippen molar-refractivity contribution < 1.29 is 4.74 Å². The number of methoxy groups -OCH3 is 1. The Balaban J connectivity index is 2.58. The molecule has 1 aromatic rings. The second kappa shape index (κ2) is 8.87. The lowest BCUT2D eigenvalue weighted by Crippen LogP contribution is -2.34. The van der Waals surface area contributed by atoms with Crippen molar-refractivity contribution in [2.75, 3.05) is 31.7 Å². The first-order chi connectivity index (χ1) is 9.54. The Morgan fingerprint density at radius 2 is 1.95 bits per heavy atom. The van der Waals surface area contributed by atoms with Gasteiger partial charge >= 0.3 is 0 Å². The highest BCUT2D eigenvalue weighted by Gasteiger charge is 2.11. The van der Waals surface area contributed by atoms with Gasteiger partial charge in [-0.15, -0.1) is 0 Å². The molecule has 5 heteroatoms. The standard InChI is InChI=1S/C15H28N4O/c1-12(2)8-16-9-14-10-18-15(11-17-14)19(13(3)4)6-7-20-5/h10-13,16H,6-9H2,1-5H3. The Bertz CT molecular complexity index is 365. The van der Waals surface area contributed by atoms with Crippen LogP contribution in [0.15, 0.2) is 12.4 Å². The van der Waals surface area contributed by atoms with E-state index in [2.05, 4.69) is 47.9 Å². The van der Waals surface area contributed by atoms with E-state index < -0.39 is 0 Å². The van der Waals surface area contributed by atoms with Gasteiger partial charge in [0, 0.05) is 26.2 Å². The van der Waals surface area contributed by atoms with E-state index in [4.69, 9.17) is 4.74 Å². The van der Waals surface area contributed by atoms with Crippen LogP contribution in [0.4, 0.5) is 5.82 Å². The molecule has 0 spiro atoms. The Hall–Kier alpha value is -1.20. The van der Waals surface area contributed by atoms with Crippen molar-refractivity contribution in [3.8, 4) is 0 Å². The van der Waals surface area contributed by atoms with E-state index in [1.54, 1.807) is 7.11 Å². The molecule has 0 aliphatic rings. The minimum atomic E-state index is 0.379. The van der Waals surface area contributed by atoms with E-state index >= 15 is 0 Å². The summed E-state index contributed by atoms with van der Waals surface area (Å²) in [6.45, 7) is 12.0. The predicted molar refractivity (Wildman–Crippen MR) is 82.9 cm³/mol. The first-order valence-corrected chi connectivity index (χ1v) is 7.31. The Labute approximate surface area is 122 Å². The topological polar surface area (TPSA) is 50.3 Å². The lowest BCUT2D eigenvalue weighted by molar-refractivity contribution is 0.203. The fraction of sp³-hybridized carbons (Fsp3) is 0.733. The SMILES string of the molecule is COCCN(c1cnc(CNCC(C)C)cn1)C(C)C. The van der Waals surface area contributed by atoms with E-state index in [1.165, 1.54) is 0 Å². The molecule has 1 N–H and O–H groups in total. The molecule has 0 aliphatic heterocycles. The molecule has 0 saturated heterocycles. The molecule has 0 amide bonds. The zero-order chi connectivity index (χ0) is 15.0. The van der Waals surface area contributed by atoms with Crippen LogP contribution >= 0.6 is 0 Å². The normalized spacial score (nSPS) is 11.3. The maximum Gasteiger partial charge on any atom is 0.147 e. The van der Waals surface area contributed by atoms with Gasteiger partial charge < -0.3 is 15.0 Å². The summed E-state index contributed by atoms with van der Waals surface area (Å²) < 4.78 is 5.14. The van der Waals surface area contributed by atoms with Gasteiger partial charge in [-0.25, -0.2) is 4.98 Å². The second-order valence-corrected chi connectivity index (χ2v) is 5.67. The van der Waals surface area contributed by atoms with E-state index in [0.717, 1.165) is 31.1 Å². The molecule has 0 radical (unpaired) electrons. The van der Waals surface area contributed by atoms with Gasteiger partial charge in [-0.05, 0) is 26.3 Å². The van der Waals surface area contributed by atoms with E-state index in [9.17, 15) is 0 Å². The monoisotopic (exact) mass is 280 g/mol. The fourth-order valence-corrected chi connectivity index (χ4v) is 1.90. The number of hydrogen-bond acceptors (Lipinski definition) is 5. The van der Waals surface area contributed by atoms with Crippen LogP contribution in [0.25, 0.3) is 0 Å². The van der Waals surface area contributed by atoms with Gasteiger partial charge in [-0.3, -0.25) is 4.98 Å². The van der Waals surface area contributed by atoms with Crippen LogP contribution in [-0.4, -0.2) is 42.8 Å². The summed E-state index contributed by atoms with van der Waals surface area (Å²) in [7, 11) is 1.72. The minimum absolute atomic E-state index is 0.379. The number of nitrogens with one attached hydrogen (secondary N) is 1. The highest BCUT2D eigenvalue weighted by Crippen LogP contribution is 2.12. The molecule has 0 unspecified atom stereocenters. The summed E-state index contributed by atoms with van der Waals surface area (Å²) in [5.74, 6) is 1.55. The number of hydrogen-bond donors (Lipinski definition) is 1. The molecule has 0 atom stereocenters. The van der Waals surface area contributed by atoms with Crippen molar-refractivity contribution in [2.45, 2.75) is 40.3 Å². The number of aromatic nitrogens is 2. The molecule has 0 saturated carbocycles. The summed E-state index contributed by atoms with van der Waals surface area (Å²) in [4.78, 5) is 11.2. The largest absolute Gasteiger partial charge is 0.383 e. The number of rotatable bonds is 9. The van der Waals surface area contributed by atoms with Gasteiger partial charge in [0.25, 0.3) is 0 Å². The van der Waals surface area contributed by atoms with Gasteiger partial charge in [-0.2, -0.15) is 0 Å². The van der Waals surface area contributed by atoms with Crippen LogP contribution in [0.3, 0.4) is 0 Å².